The Kier molecular flexibility index (Phi) is 3.32. The molecule has 21 heavy (non-hydrogen) atoms. The van der Waals surface area contributed by atoms with Crippen LogP contribution in [-0.4, -0.2) is 25.6 Å². The average Bonchev–Trinajstić information content (AvgIpc) is 2.87. The number of halogens is 3. The van der Waals surface area contributed by atoms with E-state index in [0.29, 0.717) is 10.9 Å². The third-order valence-electron chi connectivity index (χ3n) is 2.86. The zero-order valence-corrected chi connectivity index (χ0v) is 11.6. The number of imidazole rings is 1. The van der Waals surface area contributed by atoms with Gasteiger partial charge in [-0.2, -0.15) is 13.2 Å². The minimum Gasteiger partial charge on any atom is -0.298 e. The third kappa shape index (κ3) is 2.46. The van der Waals surface area contributed by atoms with E-state index in [-0.39, 0.29) is 11.3 Å². The molecule has 0 aliphatic heterocycles. The second kappa shape index (κ2) is 5.03. The van der Waals surface area contributed by atoms with Crippen molar-refractivity contribution < 1.29 is 13.2 Å². The first-order chi connectivity index (χ1) is 10.0. The lowest BCUT2D eigenvalue weighted by atomic mass is 10.3. The molecule has 4 nitrogen and oxygen atoms in total. The van der Waals surface area contributed by atoms with Crippen LogP contribution in [0.1, 0.15) is 5.69 Å². The molecule has 0 aromatic carbocycles. The number of pyridine rings is 1. The molecule has 0 amide bonds. The molecule has 0 atom stereocenters. The van der Waals surface area contributed by atoms with Crippen molar-refractivity contribution in [1.82, 2.24) is 19.4 Å². The smallest absolute Gasteiger partial charge is 0.298 e. The Morgan fingerprint density at radius 1 is 1.14 bits per heavy atom. The van der Waals surface area contributed by atoms with Crippen LogP contribution in [0.5, 0.6) is 0 Å². The zero-order chi connectivity index (χ0) is 15.0. The fourth-order valence-electron chi connectivity index (χ4n) is 1.99. The van der Waals surface area contributed by atoms with Crippen LogP contribution in [0, 0.1) is 0 Å². The summed E-state index contributed by atoms with van der Waals surface area (Å²) >= 11 is 1.31. The molecule has 3 aromatic heterocycles. The number of fused-ring (bicyclic) bond motifs is 1. The summed E-state index contributed by atoms with van der Waals surface area (Å²) in [6.45, 7) is 0. The Bertz CT molecular complexity index is 797. The first-order valence-corrected chi connectivity index (χ1v) is 7.15. The Morgan fingerprint density at radius 3 is 2.67 bits per heavy atom. The fraction of sp³-hybridized carbons (Fsp3) is 0.154. The molecule has 0 saturated carbocycles. The number of aromatic nitrogens is 4. The van der Waals surface area contributed by atoms with E-state index in [0.717, 1.165) is 0 Å². The van der Waals surface area contributed by atoms with Gasteiger partial charge in [-0.15, -0.1) is 0 Å². The third-order valence-corrected chi connectivity index (χ3v) is 3.42. The highest BCUT2D eigenvalue weighted by Gasteiger charge is 2.37. The van der Waals surface area contributed by atoms with Crippen molar-refractivity contribution in [3.63, 3.8) is 0 Å². The highest BCUT2D eigenvalue weighted by atomic mass is 32.2. The van der Waals surface area contributed by atoms with E-state index in [4.69, 9.17) is 0 Å². The van der Waals surface area contributed by atoms with Gasteiger partial charge in [0.15, 0.2) is 16.7 Å². The summed E-state index contributed by atoms with van der Waals surface area (Å²) in [5.74, 6) is 0.149. The van der Waals surface area contributed by atoms with Crippen LogP contribution in [-0.2, 0) is 6.18 Å². The summed E-state index contributed by atoms with van der Waals surface area (Å²) in [4.78, 5) is 12.0. The predicted octanol–water partition coefficient (Wildman–Crippen LogP) is 3.53. The zero-order valence-electron chi connectivity index (χ0n) is 10.8. The summed E-state index contributed by atoms with van der Waals surface area (Å²) in [7, 11) is 0. The van der Waals surface area contributed by atoms with Gasteiger partial charge in [-0.05, 0) is 24.5 Å². The molecule has 0 unspecified atom stereocenters. The summed E-state index contributed by atoms with van der Waals surface area (Å²) in [6, 6.07) is 6.12. The molecule has 0 N–H and O–H groups in total. The second-order valence-corrected chi connectivity index (χ2v) is 4.94. The van der Waals surface area contributed by atoms with E-state index in [9.17, 15) is 13.2 Å². The van der Waals surface area contributed by atoms with Crippen LogP contribution in [0.4, 0.5) is 13.2 Å². The predicted molar refractivity (Wildman–Crippen MR) is 73.0 cm³/mol. The summed E-state index contributed by atoms with van der Waals surface area (Å²) < 4.78 is 40.6. The van der Waals surface area contributed by atoms with Gasteiger partial charge >= 0.3 is 6.18 Å². The number of thioether (sulfide) groups is 1. The van der Waals surface area contributed by atoms with E-state index in [1.54, 1.807) is 24.5 Å². The number of hydrogen-bond acceptors (Lipinski definition) is 4. The van der Waals surface area contributed by atoms with Crippen molar-refractivity contribution in [1.29, 1.82) is 0 Å². The second-order valence-electron chi connectivity index (χ2n) is 4.17. The van der Waals surface area contributed by atoms with Gasteiger partial charge in [0.2, 0.25) is 0 Å². The average molecular weight is 310 g/mol. The molecule has 108 valence electrons. The lowest BCUT2D eigenvalue weighted by Crippen LogP contribution is -2.06. The first kappa shape index (κ1) is 13.9. The standard InChI is InChI=1S/C13H9F3N4S/c1-21-12-17-6-5-8(18-12)11-19-10(13(14,15)16)9-4-2-3-7-20(9)11/h2-7H,1H3. The van der Waals surface area contributed by atoms with Crippen LogP contribution in [0.15, 0.2) is 41.8 Å². The Hall–Kier alpha value is -2.09. The van der Waals surface area contributed by atoms with E-state index < -0.39 is 11.9 Å². The molecule has 0 spiro atoms. The lowest BCUT2D eigenvalue weighted by molar-refractivity contribution is -0.139. The molecule has 3 heterocycles. The first-order valence-electron chi connectivity index (χ1n) is 5.92. The summed E-state index contributed by atoms with van der Waals surface area (Å²) in [5, 5.41) is 0.480. The monoisotopic (exact) mass is 310 g/mol. The fourth-order valence-corrected chi connectivity index (χ4v) is 2.35. The highest BCUT2D eigenvalue weighted by molar-refractivity contribution is 7.98. The van der Waals surface area contributed by atoms with Gasteiger partial charge in [-0.25, -0.2) is 15.0 Å². The van der Waals surface area contributed by atoms with Crippen LogP contribution in [0.3, 0.4) is 0 Å². The van der Waals surface area contributed by atoms with Gasteiger partial charge in [-0.3, -0.25) is 4.40 Å². The number of nitrogens with zero attached hydrogens (tertiary/aromatic N) is 4. The van der Waals surface area contributed by atoms with Crippen molar-refractivity contribution in [2.75, 3.05) is 6.26 Å². The van der Waals surface area contributed by atoms with Crippen molar-refractivity contribution >= 4 is 17.3 Å². The van der Waals surface area contributed by atoms with Crippen molar-refractivity contribution in [2.24, 2.45) is 0 Å². The quantitative estimate of drug-likeness (QED) is 0.536. The molecule has 0 bridgehead atoms. The van der Waals surface area contributed by atoms with Gasteiger partial charge in [0.1, 0.15) is 5.69 Å². The Balaban J connectivity index is 2.28. The van der Waals surface area contributed by atoms with Gasteiger partial charge in [0, 0.05) is 12.4 Å². The molecule has 3 rings (SSSR count). The molecule has 0 saturated heterocycles. The Labute approximate surface area is 122 Å². The molecule has 3 aromatic rings. The van der Waals surface area contributed by atoms with Crippen LogP contribution < -0.4 is 0 Å². The van der Waals surface area contributed by atoms with Gasteiger partial charge < -0.3 is 0 Å². The lowest BCUT2D eigenvalue weighted by Gasteiger charge is -2.02. The molecule has 0 aliphatic carbocycles. The molecule has 0 fully saturated rings. The molecule has 0 radical (unpaired) electrons. The minimum absolute atomic E-state index is 0.00399. The van der Waals surface area contributed by atoms with Gasteiger partial charge in [-0.1, -0.05) is 17.8 Å². The van der Waals surface area contributed by atoms with E-state index >= 15 is 0 Å². The van der Waals surface area contributed by atoms with E-state index in [2.05, 4.69) is 15.0 Å². The summed E-state index contributed by atoms with van der Waals surface area (Å²) in [6.07, 6.45) is 0.323. The topological polar surface area (TPSA) is 43.1 Å². The van der Waals surface area contributed by atoms with Crippen LogP contribution in [0.25, 0.3) is 17.0 Å². The molecule has 0 aliphatic rings. The largest absolute Gasteiger partial charge is 0.435 e. The van der Waals surface area contributed by atoms with E-state index in [1.807, 2.05) is 0 Å². The van der Waals surface area contributed by atoms with Crippen molar-refractivity contribution in [3.05, 3.63) is 42.4 Å². The maximum absolute atomic E-state index is 13.1. The van der Waals surface area contributed by atoms with E-state index in [1.165, 1.54) is 34.6 Å². The number of rotatable bonds is 2. The Morgan fingerprint density at radius 2 is 1.95 bits per heavy atom. The molecular formula is C13H9F3N4S. The normalized spacial score (nSPS) is 12.0. The van der Waals surface area contributed by atoms with Crippen LogP contribution in [0.2, 0.25) is 0 Å². The number of hydrogen-bond donors (Lipinski definition) is 0. The van der Waals surface area contributed by atoms with Crippen molar-refractivity contribution in [3.8, 4) is 11.5 Å². The maximum Gasteiger partial charge on any atom is 0.435 e. The summed E-state index contributed by atoms with van der Waals surface area (Å²) in [5.41, 5.74) is -0.558. The van der Waals surface area contributed by atoms with Gasteiger partial charge in [0.25, 0.3) is 0 Å². The van der Waals surface area contributed by atoms with Crippen molar-refractivity contribution in [2.45, 2.75) is 11.3 Å². The van der Waals surface area contributed by atoms with Gasteiger partial charge in [0.05, 0.1) is 5.52 Å². The minimum atomic E-state index is -4.51. The molecule has 8 heteroatoms. The van der Waals surface area contributed by atoms with Crippen LogP contribution >= 0.6 is 11.8 Å². The number of alkyl halides is 3. The maximum atomic E-state index is 13.1. The highest BCUT2D eigenvalue weighted by Crippen LogP contribution is 2.34. The molecular weight excluding hydrogens is 301 g/mol. The SMILES string of the molecule is CSc1nccc(-c2nc(C(F)(F)F)c3ccccn23)n1.